The molecule has 0 fully saturated rings. The molecule has 0 atom stereocenters. The number of nitrogens with zero attached hydrogens (tertiary/aromatic N) is 4. The van der Waals surface area contributed by atoms with Crippen LogP contribution in [-0.2, 0) is 16.4 Å². The smallest absolute Gasteiger partial charge is 0.266 e. The standard InChI is InChI=1S/C21H19ClF2N6O4S/c1-10-17(26-7-6-25-10)16-13(22)5-4-11-14(9-27-18(11)16)35(31,32)30-21-28-19(33-2)12(8-15(23)24)20(29-21)34-3/h4-7,9,15,27H,8H2,1-3H3,(H,28,29,30). The molecule has 0 aliphatic rings. The maximum absolute atomic E-state index is 13.3. The number of H-pyrrole nitrogens is 1. The van der Waals surface area contributed by atoms with E-state index in [1.54, 1.807) is 19.1 Å². The zero-order valence-electron chi connectivity index (χ0n) is 18.6. The normalized spacial score (nSPS) is 11.7. The fourth-order valence-electron chi connectivity index (χ4n) is 3.59. The van der Waals surface area contributed by atoms with Gasteiger partial charge < -0.3 is 14.5 Å². The van der Waals surface area contributed by atoms with E-state index >= 15 is 0 Å². The second-order valence-corrected chi connectivity index (χ2v) is 9.29. The van der Waals surface area contributed by atoms with Crippen molar-refractivity contribution in [3.8, 4) is 23.0 Å². The van der Waals surface area contributed by atoms with Crippen LogP contribution in [0.15, 0.2) is 35.6 Å². The SMILES string of the molecule is COc1nc(NS(=O)(=O)c2c[nH]c3c(-c4nccnc4C)c(Cl)ccc23)nc(OC)c1CC(F)F. The third-order valence-electron chi connectivity index (χ3n) is 5.08. The van der Waals surface area contributed by atoms with Gasteiger partial charge in [0.25, 0.3) is 10.0 Å². The monoisotopic (exact) mass is 524 g/mol. The number of sulfonamides is 1. The maximum atomic E-state index is 13.3. The second kappa shape index (κ2) is 9.58. The number of rotatable bonds is 8. The summed E-state index contributed by atoms with van der Waals surface area (Å²) in [4.78, 5) is 19.2. The summed E-state index contributed by atoms with van der Waals surface area (Å²) in [6.45, 7) is 1.76. The quantitative estimate of drug-likeness (QED) is 0.353. The molecule has 0 aliphatic heterocycles. The molecule has 0 unspecified atom stereocenters. The van der Waals surface area contributed by atoms with Crippen molar-refractivity contribution in [1.29, 1.82) is 0 Å². The highest BCUT2D eigenvalue weighted by Crippen LogP contribution is 2.37. The molecule has 0 amide bonds. The number of aromatic nitrogens is 5. The summed E-state index contributed by atoms with van der Waals surface area (Å²) in [7, 11) is -1.82. The van der Waals surface area contributed by atoms with Crippen molar-refractivity contribution in [2.45, 2.75) is 24.7 Å². The lowest BCUT2D eigenvalue weighted by molar-refractivity contribution is 0.146. The number of alkyl halides is 2. The first-order valence-electron chi connectivity index (χ1n) is 10.0. The van der Waals surface area contributed by atoms with E-state index in [-0.39, 0.29) is 22.2 Å². The van der Waals surface area contributed by atoms with E-state index in [1.165, 1.54) is 32.8 Å². The Balaban J connectivity index is 1.79. The lowest BCUT2D eigenvalue weighted by Crippen LogP contribution is -2.16. The fraction of sp³-hybridized carbons (Fsp3) is 0.238. The van der Waals surface area contributed by atoms with E-state index in [9.17, 15) is 17.2 Å². The number of nitrogens with one attached hydrogen (secondary N) is 2. The summed E-state index contributed by atoms with van der Waals surface area (Å²) in [5.74, 6) is -0.882. The highest BCUT2D eigenvalue weighted by molar-refractivity contribution is 7.93. The molecule has 3 heterocycles. The first-order valence-corrected chi connectivity index (χ1v) is 11.9. The largest absolute Gasteiger partial charge is 0.481 e. The number of methoxy groups -OCH3 is 2. The Morgan fingerprint density at radius 3 is 2.37 bits per heavy atom. The number of fused-ring (bicyclic) bond motifs is 1. The minimum atomic E-state index is -4.25. The van der Waals surface area contributed by atoms with E-state index in [0.29, 0.717) is 32.9 Å². The molecule has 0 spiro atoms. The van der Waals surface area contributed by atoms with Crippen LogP contribution in [0.2, 0.25) is 5.02 Å². The van der Waals surface area contributed by atoms with Gasteiger partial charge >= 0.3 is 0 Å². The lowest BCUT2D eigenvalue weighted by atomic mass is 10.1. The molecule has 0 saturated heterocycles. The van der Waals surface area contributed by atoms with Gasteiger partial charge in [0.2, 0.25) is 24.1 Å². The van der Waals surface area contributed by atoms with Crippen LogP contribution in [0.3, 0.4) is 0 Å². The first kappa shape index (κ1) is 24.5. The Morgan fingerprint density at radius 2 is 1.77 bits per heavy atom. The molecule has 2 N–H and O–H groups in total. The summed E-state index contributed by atoms with van der Waals surface area (Å²) in [5, 5.41) is 0.683. The van der Waals surface area contributed by atoms with E-state index in [4.69, 9.17) is 21.1 Å². The van der Waals surface area contributed by atoms with Crippen LogP contribution in [0.1, 0.15) is 11.3 Å². The van der Waals surface area contributed by atoms with Gasteiger partial charge in [-0.3, -0.25) is 9.97 Å². The van der Waals surface area contributed by atoms with Crippen molar-refractivity contribution >= 4 is 38.5 Å². The molecular weight excluding hydrogens is 506 g/mol. The van der Waals surface area contributed by atoms with Crippen LogP contribution in [-0.4, -0.2) is 54.0 Å². The van der Waals surface area contributed by atoms with Gasteiger partial charge in [0.15, 0.2) is 0 Å². The van der Waals surface area contributed by atoms with E-state index in [0.717, 1.165) is 0 Å². The number of aromatic amines is 1. The highest BCUT2D eigenvalue weighted by Gasteiger charge is 2.26. The molecule has 184 valence electrons. The highest BCUT2D eigenvalue weighted by atomic mass is 35.5. The van der Waals surface area contributed by atoms with Gasteiger partial charge in [0.05, 0.1) is 41.7 Å². The molecule has 10 nitrogen and oxygen atoms in total. The minimum absolute atomic E-state index is 0.0846. The van der Waals surface area contributed by atoms with Crippen molar-refractivity contribution < 1.29 is 26.7 Å². The Kier molecular flexibility index (Phi) is 6.72. The average molecular weight is 525 g/mol. The van der Waals surface area contributed by atoms with Gasteiger partial charge in [-0.2, -0.15) is 9.97 Å². The Labute approximate surface area is 203 Å². The Bertz CT molecular complexity index is 1490. The van der Waals surface area contributed by atoms with Gasteiger partial charge in [0.1, 0.15) is 4.90 Å². The van der Waals surface area contributed by atoms with E-state index in [1.807, 2.05) is 0 Å². The van der Waals surface area contributed by atoms with Crippen LogP contribution < -0.4 is 14.2 Å². The number of ether oxygens (including phenoxy) is 2. The minimum Gasteiger partial charge on any atom is -0.481 e. The number of hydrogen-bond acceptors (Lipinski definition) is 8. The average Bonchev–Trinajstić information content (AvgIpc) is 3.25. The molecule has 0 saturated carbocycles. The molecule has 0 bridgehead atoms. The van der Waals surface area contributed by atoms with Crippen LogP contribution in [0.25, 0.3) is 22.2 Å². The molecule has 3 aromatic heterocycles. The van der Waals surface area contributed by atoms with Gasteiger partial charge in [-0.1, -0.05) is 11.6 Å². The van der Waals surface area contributed by atoms with Crippen molar-refractivity contribution in [3.05, 3.63) is 47.0 Å². The zero-order chi connectivity index (χ0) is 25.3. The molecule has 1 aromatic carbocycles. The number of hydrogen-bond donors (Lipinski definition) is 2. The Morgan fingerprint density at radius 1 is 1.11 bits per heavy atom. The first-order chi connectivity index (χ1) is 16.7. The molecule has 4 aromatic rings. The van der Waals surface area contributed by atoms with Crippen molar-refractivity contribution in [1.82, 2.24) is 24.9 Å². The summed E-state index contributed by atoms with van der Waals surface area (Å²) in [6, 6.07) is 3.10. The van der Waals surface area contributed by atoms with Crippen molar-refractivity contribution in [2.75, 3.05) is 18.9 Å². The summed E-state index contributed by atoms with van der Waals surface area (Å²) in [5.41, 5.74) is 1.94. The number of anilines is 1. The third-order valence-corrected chi connectivity index (χ3v) is 6.76. The second-order valence-electron chi connectivity index (χ2n) is 7.23. The van der Waals surface area contributed by atoms with Crippen LogP contribution >= 0.6 is 11.6 Å². The lowest BCUT2D eigenvalue weighted by Gasteiger charge is -2.14. The molecule has 0 aliphatic carbocycles. The zero-order valence-corrected chi connectivity index (χ0v) is 20.2. The number of aryl methyl sites for hydroxylation is 1. The van der Waals surface area contributed by atoms with Crippen LogP contribution in [0, 0.1) is 6.92 Å². The van der Waals surface area contributed by atoms with Gasteiger partial charge in [-0.15, -0.1) is 0 Å². The molecule has 4 rings (SSSR count). The van der Waals surface area contributed by atoms with Crippen molar-refractivity contribution in [3.63, 3.8) is 0 Å². The Hall–Kier alpha value is -3.58. The van der Waals surface area contributed by atoms with Gasteiger partial charge in [-0.25, -0.2) is 21.9 Å². The van der Waals surface area contributed by atoms with E-state index < -0.39 is 28.8 Å². The molecule has 35 heavy (non-hydrogen) atoms. The topological polar surface area (TPSA) is 132 Å². The third kappa shape index (κ3) is 4.68. The predicted molar refractivity (Wildman–Crippen MR) is 125 cm³/mol. The van der Waals surface area contributed by atoms with Gasteiger partial charge in [-0.05, 0) is 19.1 Å². The maximum Gasteiger partial charge on any atom is 0.266 e. The summed E-state index contributed by atoms with van der Waals surface area (Å²) >= 11 is 6.43. The molecule has 0 radical (unpaired) electrons. The van der Waals surface area contributed by atoms with Crippen LogP contribution in [0.4, 0.5) is 14.7 Å². The van der Waals surface area contributed by atoms with E-state index in [2.05, 4.69) is 29.6 Å². The molecular formula is C21H19ClF2N6O4S. The summed E-state index contributed by atoms with van der Waals surface area (Å²) < 4.78 is 64.8. The van der Waals surface area contributed by atoms with Crippen LogP contribution in [0.5, 0.6) is 11.8 Å². The fourth-order valence-corrected chi connectivity index (χ4v) is 4.95. The predicted octanol–water partition coefficient (Wildman–Crippen LogP) is 4.00. The van der Waals surface area contributed by atoms with Gasteiger partial charge in [0, 0.05) is 36.0 Å². The number of benzene rings is 1. The van der Waals surface area contributed by atoms with Crippen molar-refractivity contribution in [2.24, 2.45) is 0 Å². The molecule has 14 heteroatoms. The summed E-state index contributed by atoms with van der Waals surface area (Å²) in [6.07, 6.45) is 0.895. The number of halogens is 3.